The van der Waals surface area contributed by atoms with E-state index in [1.54, 1.807) is 0 Å². The standard InChI is InChI=1S/C10H16O4.Ca/c1-2-6-4-3-5-7(9(11)12)8(6)10(13)14;/h6-8H,2-5H2,1H3,(H,11,12)(H,13,14);/q;+2/p-2. The summed E-state index contributed by atoms with van der Waals surface area (Å²) in [4.78, 5) is 21.6. The van der Waals surface area contributed by atoms with E-state index >= 15 is 0 Å². The van der Waals surface area contributed by atoms with E-state index in [-0.39, 0.29) is 43.7 Å². The van der Waals surface area contributed by atoms with Crippen LogP contribution in [0.2, 0.25) is 0 Å². The Morgan fingerprint density at radius 3 is 2.20 bits per heavy atom. The summed E-state index contributed by atoms with van der Waals surface area (Å²) in [7, 11) is 0. The summed E-state index contributed by atoms with van der Waals surface area (Å²) in [5.41, 5.74) is 0. The number of carboxylic acids is 2. The average molecular weight is 238 g/mol. The minimum Gasteiger partial charge on any atom is -0.550 e. The molecule has 0 spiro atoms. The van der Waals surface area contributed by atoms with Gasteiger partial charge in [-0.1, -0.05) is 19.8 Å². The molecule has 0 aliphatic heterocycles. The van der Waals surface area contributed by atoms with Crippen LogP contribution in [0.4, 0.5) is 0 Å². The fourth-order valence-corrected chi connectivity index (χ4v) is 2.37. The molecule has 5 heteroatoms. The Bertz CT molecular complexity index is 242. The summed E-state index contributed by atoms with van der Waals surface area (Å²) in [5, 5.41) is 21.6. The SMILES string of the molecule is CCC1CCCC(C(=O)[O-])C1C(=O)[O-].[Ca+2]. The van der Waals surface area contributed by atoms with E-state index in [1.165, 1.54) is 0 Å². The van der Waals surface area contributed by atoms with Crippen LogP contribution in [0, 0.1) is 17.8 Å². The monoisotopic (exact) mass is 238 g/mol. The molecule has 1 saturated carbocycles. The van der Waals surface area contributed by atoms with Crippen molar-refractivity contribution in [3.05, 3.63) is 0 Å². The number of hydrogen-bond donors (Lipinski definition) is 0. The van der Waals surface area contributed by atoms with Gasteiger partial charge in [-0.25, -0.2) is 0 Å². The summed E-state index contributed by atoms with van der Waals surface area (Å²) >= 11 is 0. The number of carboxylic acid groups (broad SMARTS) is 2. The largest absolute Gasteiger partial charge is 2.00 e. The molecule has 1 fully saturated rings. The van der Waals surface area contributed by atoms with Crippen molar-refractivity contribution in [2.45, 2.75) is 32.6 Å². The number of carbonyl (C=O) groups is 2. The summed E-state index contributed by atoms with van der Waals surface area (Å²) < 4.78 is 0. The first-order chi connectivity index (χ1) is 6.57. The molecule has 0 radical (unpaired) electrons. The van der Waals surface area contributed by atoms with E-state index in [0.717, 1.165) is 12.8 Å². The molecule has 4 nitrogen and oxygen atoms in total. The number of hydrogen-bond acceptors (Lipinski definition) is 4. The summed E-state index contributed by atoms with van der Waals surface area (Å²) in [5.74, 6) is -4.29. The third-order valence-corrected chi connectivity index (χ3v) is 3.13. The van der Waals surface area contributed by atoms with Crippen molar-refractivity contribution in [3.8, 4) is 0 Å². The Kier molecular flexibility index (Phi) is 6.80. The van der Waals surface area contributed by atoms with Gasteiger partial charge in [0, 0.05) is 23.8 Å². The van der Waals surface area contributed by atoms with Crippen LogP contribution >= 0.6 is 0 Å². The van der Waals surface area contributed by atoms with Crippen molar-refractivity contribution < 1.29 is 19.8 Å². The Morgan fingerprint density at radius 1 is 1.20 bits per heavy atom. The minimum absolute atomic E-state index is 0. The van der Waals surface area contributed by atoms with Crippen molar-refractivity contribution in [1.29, 1.82) is 0 Å². The molecule has 3 atom stereocenters. The normalized spacial score (nSPS) is 30.3. The van der Waals surface area contributed by atoms with Crippen molar-refractivity contribution in [3.63, 3.8) is 0 Å². The van der Waals surface area contributed by atoms with Crippen LogP contribution in [0.1, 0.15) is 32.6 Å². The van der Waals surface area contributed by atoms with E-state index in [1.807, 2.05) is 6.92 Å². The van der Waals surface area contributed by atoms with Gasteiger partial charge in [-0.05, 0) is 18.8 Å². The zero-order chi connectivity index (χ0) is 10.7. The first kappa shape index (κ1) is 15.2. The molecule has 80 valence electrons. The number of carbonyl (C=O) groups excluding carboxylic acids is 2. The number of rotatable bonds is 3. The van der Waals surface area contributed by atoms with Crippen LogP contribution < -0.4 is 10.2 Å². The molecule has 1 aliphatic rings. The molecule has 3 unspecified atom stereocenters. The molecule has 0 amide bonds. The van der Waals surface area contributed by atoms with Crippen LogP contribution in [0.25, 0.3) is 0 Å². The molecule has 0 bridgehead atoms. The second-order valence-corrected chi connectivity index (χ2v) is 3.87. The van der Waals surface area contributed by atoms with Gasteiger partial charge in [0.05, 0.1) is 0 Å². The predicted octanol–water partition coefficient (Wildman–Crippen LogP) is -1.45. The van der Waals surface area contributed by atoms with Crippen molar-refractivity contribution in [1.82, 2.24) is 0 Å². The van der Waals surface area contributed by atoms with Crippen LogP contribution in [-0.2, 0) is 9.59 Å². The van der Waals surface area contributed by atoms with Crippen molar-refractivity contribution >= 4 is 49.7 Å². The van der Waals surface area contributed by atoms with Gasteiger partial charge in [0.1, 0.15) is 0 Å². The molecule has 0 heterocycles. The topological polar surface area (TPSA) is 80.3 Å². The summed E-state index contributed by atoms with van der Waals surface area (Å²) in [6.07, 6.45) is 2.62. The molecular formula is C10H14CaO4. The Balaban J connectivity index is 0.00000196. The van der Waals surface area contributed by atoms with E-state index < -0.39 is 23.8 Å². The molecule has 0 N–H and O–H groups in total. The first-order valence-electron chi connectivity index (χ1n) is 4.99. The average Bonchev–Trinajstić information content (AvgIpc) is 2.16. The van der Waals surface area contributed by atoms with E-state index in [9.17, 15) is 19.8 Å². The van der Waals surface area contributed by atoms with Crippen molar-refractivity contribution in [2.75, 3.05) is 0 Å². The first-order valence-corrected chi connectivity index (χ1v) is 4.99. The fraction of sp³-hybridized carbons (Fsp3) is 0.800. The van der Waals surface area contributed by atoms with Gasteiger partial charge in [0.2, 0.25) is 0 Å². The third-order valence-electron chi connectivity index (χ3n) is 3.13. The molecule has 0 aromatic heterocycles. The van der Waals surface area contributed by atoms with Gasteiger partial charge in [-0.15, -0.1) is 0 Å². The smallest absolute Gasteiger partial charge is 0.550 e. The summed E-state index contributed by atoms with van der Waals surface area (Å²) in [6, 6.07) is 0. The molecule has 1 rings (SSSR count). The molecule has 1 aliphatic carbocycles. The maximum atomic E-state index is 10.8. The van der Waals surface area contributed by atoms with Gasteiger partial charge in [0.25, 0.3) is 0 Å². The zero-order valence-corrected chi connectivity index (χ0v) is 11.1. The molecule has 0 saturated heterocycles. The van der Waals surface area contributed by atoms with E-state index in [4.69, 9.17) is 0 Å². The summed E-state index contributed by atoms with van der Waals surface area (Å²) in [6.45, 7) is 1.87. The zero-order valence-electron chi connectivity index (χ0n) is 8.90. The van der Waals surface area contributed by atoms with Crippen LogP contribution in [0.15, 0.2) is 0 Å². The van der Waals surface area contributed by atoms with Gasteiger partial charge in [-0.3, -0.25) is 0 Å². The van der Waals surface area contributed by atoms with Crippen LogP contribution in [-0.4, -0.2) is 49.7 Å². The fourth-order valence-electron chi connectivity index (χ4n) is 2.37. The second-order valence-electron chi connectivity index (χ2n) is 3.87. The Morgan fingerprint density at radius 2 is 1.80 bits per heavy atom. The van der Waals surface area contributed by atoms with Gasteiger partial charge < -0.3 is 19.8 Å². The van der Waals surface area contributed by atoms with Crippen LogP contribution in [0.3, 0.4) is 0 Å². The Labute approximate surface area is 119 Å². The molecule has 0 aromatic carbocycles. The predicted molar refractivity (Wildman–Crippen MR) is 50.4 cm³/mol. The second kappa shape index (κ2) is 6.71. The quantitative estimate of drug-likeness (QED) is 0.563. The van der Waals surface area contributed by atoms with Gasteiger partial charge >= 0.3 is 37.7 Å². The molecule has 15 heavy (non-hydrogen) atoms. The molecular weight excluding hydrogens is 224 g/mol. The Hall–Kier alpha value is 0.200. The van der Waals surface area contributed by atoms with Crippen LogP contribution in [0.5, 0.6) is 0 Å². The van der Waals surface area contributed by atoms with Gasteiger partial charge in [0.15, 0.2) is 0 Å². The third kappa shape index (κ3) is 3.61. The maximum Gasteiger partial charge on any atom is 2.00 e. The molecule has 0 aromatic rings. The maximum absolute atomic E-state index is 10.8. The van der Waals surface area contributed by atoms with Crippen molar-refractivity contribution in [2.24, 2.45) is 17.8 Å². The van der Waals surface area contributed by atoms with E-state index in [2.05, 4.69) is 0 Å². The number of aliphatic carboxylic acids is 2. The minimum atomic E-state index is -1.25. The van der Waals surface area contributed by atoms with Gasteiger partial charge in [-0.2, -0.15) is 0 Å². The van der Waals surface area contributed by atoms with E-state index in [0.29, 0.717) is 12.8 Å².